The smallest absolute Gasteiger partial charge is 0.320 e. The van der Waals surface area contributed by atoms with Gasteiger partial charge in [-0.3, -0.25) is 9.59 Å². The van der Waals surface area contributed by atoms with E-state index >= 15 is 0 Å². The molecule has 0 bridgehead atoms. The summed E-state index contributed by atoms with van der Waals surface area (Å²) in [5, 5.41) is 12.8. The lowest BCUT2D eigenvalue weighted by atomic mass is 9.96. The Bertz CT molecular complexity index is 508. The number of benzene rings is 1. The minimum absolute atomic E-state index is 0.0597. The molecule has 0 saturated heterocycles. The van der Waals surface area contributed by atoms with Crippen molar-refractivity contribution in [3.8, 4) is 0 Å². The number of rotatable bonds is 7. The Morgan fingerprint density at radius 2 is 1.86 bits per heavy atom. The SMILES string of the molecule is CC(C)(C)OC(=O)CNCCC(C(=O)O)c1ccc(Cl)cc1. The van der Waals surface area contributed by atoms with Crippen LogP contribution in [0, 0.1) is 0 Å². The third kappa shape index (κ3) is 6.91. The molecule has 1 aromatic rings. The Labute approximate surface area is 135 Å². The second-order valence-electron chi connectivity index (χ2n) is 5.99. The third-order valence-electron chi connectivity index (χ3n) is 2.87. The van der Waals surface area contributed by atoms with E-state index in [-0.39, 0.29) is 12.5 Å². The average Bonchev–Trinajstić information content (AvgIpc) is 2.37. The number of hydrogen-bond donors (Lipinski definition) is 2. The normalized spacial score (nSPS) is 12.7. The molecule has 0 saturated carbocycles. The first-order chi connectivity index (χ1) is 10.2. The molecule has 22 heavy (non-hydrogen) atoms. The maximum absolute atomic E-state index is 11.5. The van der Waals surface area contributed by atoms with Crippen LogP contribution in [0.2, 0.25) is 5.02 Å². The van der Waals surface area contributed by atoms with E-state index in [9.17, 15) is 14.7 Å². The van der Waals surface area contributed by atoms with Crippen LogP contribution in [-0.2, 0) is 14.3 Å². The molecule has 0 aliphatic heterocycles. The number of esters is 1. The zero-order chi connectivity index (χ0) is 16.8. The molecule has 1 unspecified atom stereocenters. The van der Waals surface area contributed by atoms with Gasteiger partial charge in [0.25, 0.3) is 0 Å². The molecule has 1 aromatic carbocycles. The van der Waals surface area contributed by atoms with E-state index in [1.54, 1.807) is 45.0 Å². The number of carboxylic acid groups (broad SMARTS) is 1. The molecule has 0 spiro atoms. The second kappa shape index (κ2) is 8.15. The number of carbonyl (C=O) groups is 2. The van der Waals surface area contributed by atoms with Crippen molar-refractivity contribution < 1.29 is 19.4 Å². The van der Waals surface area contributed by atoms with E-state index in [0.29, 0.717) is 23.6 Å². The first kappa shape index (κ1) is 18.5. The van der Waals surface area contributed by atoms with Gasteiger partial charge in [0.05, 0.1) is 12.5 Å². The van der Waals surface area contributed by atoms with Crippen LogP contribution < -0.4 is 5.32 Å². The van der Waals surface area contributed by atoms with Gasteiger partial charge in [-0.2, -0.15) is 0 Å². The van der Waals surface area contributed by atoms with Gasteiger partial charge >= 0.3 is 11.9 Å². The fraction of sp³-hybridized carbons (Fsp3) is 0.500. The maximum Gasteiger partial charge on any atom is 0.320 e. The van der Waals surface area contributed by atoms with Crippen molar-refractivity contribution in [2.24, 2.45) is 0 Å². The third-order valence-corrected chi connectivity index (χ3v) is 3.12. The topological polar surface area (TPSA) is 75.6 Å². The summed E-state index contributed by atoms with van der Waals surface area (Å²) in [5.41, 5.74) is 0.169. The molecule has 2 N–H and O–H groups in total. The molecule has 122 valence electrons. The molecular formula is C16H22ClNO4. The van der Waals surface area contributed by atoms with Gasteiger partial charge in [-0.1, -0.05) is 23.7 Å². The minimum atomic E-state index is -0.901. The molecule has 0 aliphatic rings. The largest absolute Gasteiger partial charge is 0.481 e. The van der Waals surface area contributed by atoms with E-state index in [2.05, 4.69) is 5.32 Å². The van der Waals surface area contributed by atoms with Crippen molar-refractivity contribution in [1.29, 1.82) is 0 Å². The van der Waals surface area contributed by atoms with Crippen molar-refractivity contribution in [3.63, 3.8) is 0 Å². The molecule has 0 heterocycles. The summed E-state index contributed by atoms with van der Waals surface area (Å²) in [6.45, 7) is 5.85. The molecule has 0 aromatic heterocycles. The van der Waals surface area contributed by atoms with E-state index in [1.807, 2.05) is 0 Å². The standard InChI is InChI=1S/C16H22ClNO4/c1-16(2,3)22-14(19)10-18-9-8-13(15(20)21)11-4-6-12(17)7-5-11/h4-7,13,18H,8-10H2,1-3H3,(H,20,21). The summed E-state index contributed by atoms with van der Waals surface area (Å²) < 4.78 is 5.16. The number of halogens is 1. The van der Waals surface area contributed by atoms with Crippen molar-refractivity contribution >= 4 is 23.5 Å². The molecule has 0 radical (unpaired) electrons. The van der Waals surface area contributed by atoms with E-state index in [0.717, 1.165) is 0 Å². The molecule has 1 atom stereocenters. The first-order valence-corrected chi connectivity index (χ1v) is 7.47. The van der Waals surface area contributed by atoms with Crippen molar-refractivity contribution in [1.82, 2.24) is 5.32 Å². The summed E-state index contributed by atoms with van der Waals surface area (Å²) in [5.74, 6) is -1.89. The van der Waals surface area contributed by atoms with Gasteiger partial charge in [0.2, 0.25) is 0 Å². The predicted octanol–water partition coefficient (Wildman–Crippen LogP) is 2.83. The zero-order valence-electron chi connectivity index (χ0n) is 13.1. The summed E-state index contributed by atoms with van der Waals surface area (Å²) in [6.07, 6.45) is 0.375. The lowest BCUT2D eigenvalue weighted by molar-refractivity contribution is -0.153. The fourth-order valence-corrected chi connectivity index (χ4v) is 2.07. The number of nitrogens with one attached hydrogen (secondary N) is 1. The Hall–Kier alpha value is -1.59. The van der Waals surface area contributed by atoms with Gasteiger partial charge in [0.1, 0.15) is 5.60 Å². The highest BCUT2D eigenvalue weighted by Crippen LogP contribution is 2.21. The molecule has 1 rings (SSSR count). The van der Waals surface area contributed by atoms with Crippen LogP contribution in [0.25, 0.3) is 0 Å². The van der Waals surface area contributed by atoms with Crippen LogP contribution in [-0.4, -0.2) is 35.7 Å². The average molecular weight is 328 g/mol. The van der Waals surface area contributed by atoms with E-state index in [1.165, 1.54) is 0 Å². The van der Waals surface area contributed by atoms with Gasteiger partial charge in [0, 0.05) is 5.02 Å². The summed E-state index contributed by atoms with van der Waals surface area (Å²) >= 11 is 5.80. The van der Waals surface area contributed by atoms with Crippen LogP contribution in [0.15, 0.2) is 24.3 Å². The van der Waals surface area contributed by atoms with Gasteiger partial charge in [0.15, 0.2) is 0 Å². The number of carbonyl (C=O) groups excluding carboxylic acids is 1. The van der Waals surface area contributed by atoms with Crippen molar-refractivity contribution in [2.45, 2.75) is 38.7 Å². The molecule has 5 nitrogen and oxygen atoms in total. The number of hydrogen-bond acceptors (Lipinski definition) is 4. The summed E-state index contributed by atoms with van der Waals surface area (Å²) in [6, 6.07) is 6.74. The number of ether oxygens (including phenoxy) is 1. The highest BCUT2D eigenvalue weighted by Gasteiger charge is 2.20. The fourth-order valence-electron chi connectivity index (χ4n) is 1.94. The monoisotopic (exact) mass is 327 g/mol. The minimum Gasteiger partial charge on any atom is -0.481 e. The highest BCUT2D eigenvalue weighted by atomic mass is 35.5. The second-order valence-corrected chi connectivity index (χ2v) is 6.43. The molecule has 0 fully saturated rings. The number of aliphatic carboxylic acids is 1. The van der Waals surface area contributed by atoms with Crippen LogP contribution in [0.3, 0.4) is 0 Å². The van der Waals surface area contributed by atoms with Crippen LogP contribution in [0.1, 0.15) is 38.7 Å². The lowest BCUT2D eigenvalue weighted by Gasteiger charge is -2.19. The molecule has 0 aliphatic carbocycles. The molecular weight excluding hydrogens is 306 g/mol. The molecule has 0 amide bonds. The maximum atomic E-state index is 11.5. The van der Waals surface area contributed by atoms with Crippen LogP contribution >= 0.6 is 11.6 Å². The first-order valence-electron chi connectivity index (χ1n) is 7.10. The van der Waals surface area contributed by atoms with Crippen molar-refractivity contribution in [3.05, 3.63) is 34.9 Å². The Balaban J connectivity index is 2.45. The number of carboxylic acids is 1. The molecule has 6 heteroatoms. The highest BCUT2D eigenvalue weighted by molar-refractivity contribution is 6.30. The van der Waals surface area contributed by atoms with E-state index in [4.69, 9.17) is 16.3 Å². The Morgan fingerprint density at radius 3 is 2.36 bits per heavy atom. The quantitative estimate of drug-likeness (QED) is 0.595. The van der Waals surface area contributed by atoms with Gasteiger partial charge in [-0.15, -0.1) is 0 Å². The predicted molar refractivity (Wildman–Crippen MR) is 85.2 cm³/mol. The van der Waals surface area contributed by atoms with Crippen molar-refractivity contribution in [2.75, 3.05) is 13.1 Å². The zero-order valence-corrected chi connectivity index (χ0v) is 13.8. The van der Waals surface area contributed by atoms with Crippen LogP contribution in [0.5, 0.6) is 0 Å². The van der Waals surface area contributed by atoms with E-state index < -0.39 is 17.5 Å². The van der Waals surface area contributed by atoms with Gasteiger partial charge in [-0.05, 0) is 51.4 Å². The Morgan fingerprint density at radius 1 is 1.27 bits per heavy atom. The summed E-state index contributed by atoms with van der Waals surface area (Å²) in [7, 11) is 0. The van der Waals surface area contributed by atoms with Gasteiger partial charge in [-0.25, -0.2) is 0 Å². The lowest BCUT2D eigenvalue weighted by Crippen LogP contribution is -2.32. The van der Waals surface area contributed by atoms with Gasteiger partial charge < -0.3 is 15.2 Å². The summed E-state index contributed by atoms with van der Waals surface area (Å²) in [4.78, 5) is 22.9. The Kier molecular flexibility index (Phi) is 6.84. The van der Waals surface area contributed by atoms with Crippen LogP contribution in [0.4, 0.5) is 0 Å².